The average molecular weight is 590 g/mol. The van der Waals surface area contributed by atoms with Gasteiger partial charge in [0.05, 0.1) is 44.8 Å². The summed E-state index contributed by atoms with van der Waals surface area (Å²) in [7, 11) is 6.40. The Morgan fingerprint density at radius 3 is 2.33 bits per heavy atom. The first kappa shape index (κ1) is 29.8. The van der Waals surface area contributed by atoms with Crippen molar-refractivity contribution in [3.05, 3.63) is 65.8 Å². The number of nitrogens with one attached hydrogen (secondary N) is 1. The summed E-state index contributed by atoms with van der Waals surface area (Å²) in [5.74, 6) is 2.33. The summed E-state index contributed by atoms with van der Waals surface area (Å²) < 4.78 is 27.1. The minimum atomic E-state index is -0.307. The molecule has 1 fully saturated rings. The Balaban J connectivity index is 1.24. The number of allylic oxidation sites excluding steroid dienone is 2. The van der Waals surface area contributed by atoms with Crippen molar-refractivity contribution >= 4 is 28.3 Å². The summed E-state index contributed by atoms with van der Waals surface area (Å²) in [5, 5.41) is 3.65. The highest BCUT2D eigenvalue weighted by molar-refractivity contribution is 6.21. The Morgan fingerprint density at radius 1 is 0.814 bits per heavy atom. The topological polar surface area (TPSA) is 125 Å². The van der Waals surface area contributed by atoms with Gasteiger partial charge in [0.25, 0.3) is 0 Å². The van der Waals surface area contributed by atoms with Crippen LogP contribution in [-0.2, 0) is 20.9 Å². The zero-order valence-corrected chi connectivity index (χ0v) is 24.7. The van der Waals surface area contributed by atoms with Crippen LogP contribution in [0.5, 0.6) is 23.0 Å². The van der Waals surface area contributed by atoms with E-state index in [0.29, 0.717) is 66.8 Å². The van der Waals surface area contributed by atoms with Gasteiger partial charge in [-0.05, 0) is 12.1 Å². The van der Waals surface area contributed by atoms with Crippen molar-refractivity contribution in [2.75, 3.05) is 73.1 Å². The van der Waals surface area contributed by atoms with Crippen LogP contribution in [0.1, 0.15) is 5.56 Å². The molecule has 1 N–H and O–H groups in total. The molecule has 12 nitrogen and oxygen atoms in total. The number of piperazine rings is 1. The second kappa shape index (κ2) is 13.5. The number of carbonyl (C=O) groups is 2. The lowest BCUT2D eigenvalue weighted by Crippen LogP contribution is -2.47. The smallest absolute Gasteiger partial charge is 0.204 e. The van der Waals surface area contributed by atoms with Crippen LogP contribution in [0, 0.1) is 0 Å². The van der Waals surface area contributed by atoms with Crippen LogP contribution in [0.4, 0.5) is 5.82 Å². The van der Waals surface area contributed by atoms with Crippen molar-refractivity contribution in [1.82, 2.24) is 19.8 Å². The molecule has 0 amide bonds. The fourth-order valence-electron chi connectivity index (χ4n) is 5.06. The molecule has 0 saturated carbocycles. The molecule has 43 heavy (non-hydrogen) atoms. The van der Waals surface area contributed by atoms with Gasteiger partial charge in [-0.2, -0.15) is 0 Å². The fraction of sp³-hybridized carbons (Fsp3) is 0.355. The minimum Gasteiger partial charge on any atom is -0.497 e. The van der Waals surface area contributed by atoms with Gasteiger partial charge in [0.1, 0.15) is 30.3 Å². The van der Waals surface area contributed by atoms with E-state index in [-0.39, 0.29) is 17.3 Å². The summed E-state index contributed by atoms with van der Waals surface area (Å²) in [5.41, 5.74) is 2.17. The normalized spacial score (nSPS) is 15.7. The number of fused-ring (bicyclic) bond motifs is 1. The van der Waals surface area contributed by atoms with Crippen LogP contribution in [0.2, 0.25) is 0 Å². The second-order valence-electron chi connectivity index (χ2n) is 9.97. The first-order chi connectivity index (χ1) is 20.9. The maximum absolute atomic E-state index is 13.2. The quantitative estimate of drug-likeness (QED) is 0.247. The maximum atomic E-state index is 13.2. The molecule has 2 aliphatic rings. The van der Waals surface area contributed by atoms with Gasteiger partial charge in [-0.1, -0.05) is 6.07 Å². The Bertz CT molecular complexity index is 1560. The van der Waals surface area contributed by atoms with Gasteiger partial charge in [-0.3, -0.25) is 14.5 Å². The number of hydrogen-bond acceptors (Lipinski definition) is 12. The Kier molecular flexibility index (Phi) is 9.38. The summed E-state index contributed by atoms with van der Waals surface area (Å²) >= 11 is 0. The van der Waals surface area contributed by atoms with Crippen molar-refractivity contribution in [3.8, 4) is 23.0 Å². The lowest BCUT2D eigenvalue weighted by molar-refractivity contribution is -0.116. The number of ether oxygens (including phenoxy) is 5. The third-order valence-electron chi connectivity index (χ3n) is 7.38. The molecule has 2 heterocycles. The van der Waals surface area contributed by atoms with Crippen LogP contribution < -0.4 is 24.3 Å². The first-order valence-corrected chi connectivity index (χ1v) is 13.9. The van der Waals surface area contributed by atoms with Crippen LogP contribution >= 0.6 is 0 Å². The molecule has 0 unspecified atom stereocenters. The van der Waals surface area contributed by atoms with Gasteiger partial charge in [0.15, 0.2) is 11.5 Å². The molecule has 226 valence electrons. The van der Waals surface area contributed by atoms with E-state index < -0.39 is 0 Å². The van der Waals surface area contributed by atoms with Gasteiger partial charge in [0.2, 0.25) is 11.6 Å². The Labute approximate surface area is 249 Å². The van der Waals surface area contributed by atoms with Crippen LogP contribution in [-0.4, -0.2) is 99.2 Å². The number of anilines is 1. The molecule has 1 saturated heterocycles. The van der Waals surface area contributed by atoms with Crippen LogP contribution in [0.3, 0.4) is 0 Å². The van der Waals surface area contributed by atoms with Crippen molar-refractivity contribution in [3.63, 3.8) is 0 Å². The highest BCUT2D eigenvalue weighted by Gasteiger charge is 2.28. The van der Waals surface area contributed by atoms with Crippen molar-refractivity contribution in [1.29, 1.82) is 0 Å². The predicted molar refractivity (Wildman–Crippen MR) is 160 cm³/mol. The molecular formula is C31H35N5O7. The van der Waals surface area contributed by atoms with E-state index in [0.717, 1.165) is 30.2 Å². The summed E-state index contributed by atoms with van der Waals surface area (Å²) in [6.45, 7) is 4.17. The zero-order chi connectivity index (χ0) is 30.3. The summed E-state index contributed by atoms with van der Waals surface area (Å²) in [6, 6.07) is 9.26. The number of methoxy groups -OCH3 is 4. The number of nitrogens with zero attached hydrogens (tertiary/aromatic N) is 4. The van der Waals surface area contributed by atoms with Gasteiger partial charge < -0.3 is 33.9 Å². The molecule has 0 radical (unpaired) electrons. The van der Waals surface area contributed by atoms with Crippen molar-refractivity contribution < 1.29 is 33.3 Å². The van der Waals surface area contributed by atoms with E-state index in [9.17, 15) is 9.59 Å². The van der Waals surface area contributed by atoms with Crippen molar-refractivity contribution in [2.24, 2.45) is 0 Å². The first-order valence-electron chi connectivity index (χ1n) is 13.9. The molecule has 1 aliphatic carbocycles. The third kappa shape index (κ3) is 6.71. The van der Waals surface area contributed by atoms with Crippen LogP contribution in [0.25, 0.3) is 10.9 Å². The number of carbonyl (C=O) groups excluding carboxylic acids is 2. The number of ketones is 2. The molecule has 2 aromatic carbocycles. The highest BCUT2D eigenvalue weighted by Crippen LogP contribution is 2.34. The molecule has 12 heteroatoms. The van der Waals surface area contributed by atoms with Crippen molar-refractivity contribution in [2.45, 2.75) is 6.54 Å². The standard InChI is InChI=1S/C31H35N5O7/c1-39-11-12-43-30-16-23-22(14-29(30)42-4)31(33-19-32-23)34-24-15-27(38)25(17-26(24)37)36-9-7-35(8-10-36)18-20-5-6-21(40-2)13-28(20)41-3/h5-6,13-17,19H,7-12,18H2,1-4H3,(H,32,33,34). The Hall–Kier alpha value is -4.68. The van der Waals surface area contributed by atoms with E-state index in [1.54, 1.807) is 33.5 Å². The van der Waals surface area contributed by atoms with Gasteiger partial charge in [-0.15, -0.1) is 0 Å². The Morgan fingerprint density at radius 2 is 1.60 bits per heavy atom. The summed E-state index contributed by atoms with van der Waals surface area (Å²) in [4.78, 5) is 39.3. The highest BCUT2D eigenvalue weighted by atomic mass is 16.5. The maximum Gasteiger partial charge on any atom is 0.204 e. The van der Waals surface area contributed by atoms with Crippen LogP contribution in [0.15, 0.2) is 60.2 Å². The lowest BCUT2D eigenvalue weighted by Gasteiger charge is -2.37. The number of aromatic nitrogens is 2. The third-order valence-corrected chi connectivity index (χ3v) is 7.38. The predicted octanol–water partition coefficient (Wildman–Crippen LogP) is 2.83. The fourth-order valence-corrected chi connectivity index (χ4v) is 5.06. The van der Waals surface area contributed by atoms with E-state index >= 15 is 0 Å². The number of rotatable bonds is 12. The lowest BCUT2D eigenvalue weighted by atomic mass is 10.0. The minimum absolute atomic E-state index is 0.137. The molecule has 0 atom stereocenters. The molecule has 3 aromatic rings. The van der Waals surface area contributed by atoms with E-state index in [4.69, 9.17) is 23.7 Å². The SMILES string of the molecule is COCCOc1cc2ncnc(NC3=CC(=O)C(N4CCN(Cc5ccc(OC)cc5OC)CC4)=CC3=O)c2cc1OC. The zero-order valence-electron chi connectivity index (χ0n) is 24.7. The van der Waals surface area contributed by atoms with Gasteiger partial charge >= 0.3 is 0 Å². The molecule has 1 aromatic heterocycles. The number of hydrogen-bond donors (Lipinski definition) is 1. The summed E-state index contributed by atoms with van der Waals surface area (Å²) in [6.07, 6.45) is 4.12. The van der Waals surface area contributed by atoms with E-state index in [1.807, 2.05) is 23.1 Å². The van der Waals surface area contributed by atoms with Gasteiger partial charge in [-0.25, -0.2) is 9.97 Å². The largest absolute Gasteiger partial charge is 0.497 e. The number of benzene rings is 2. The molecule has 0 spiro atoms. The van der Waals surface area contributed by atoms with E-state index in [1.165, 1.54) is 25.6 Å². The molecule has 0 bridgehead atoms. The second-order valence-corrected chi connectivity index (χ2v) is 9.97. The van der Waals surface area contributed by atoms with E-state index in [2.05, 4.69) is 20.2 Å². The molecular weight excluding hydrogens is 554 g/mol. The monoisotopic (exact) mass is 589 g/mol. The van der Waals surface area contributed by atoms with Gasteiger partial charge in [0, 0.05) is 75.1 Å². The average Bonchev–Trinajstić information content (AvgIpc) is 3.03. The molecule has 5 rings (SSSR count). The molecule has 1 aliphatic heterocycles.